The second-order valence-corrected chi connectivity index (χ2v) is 8.59. The molecule has 1 heterocycles. The molecule has 0 bridgehead atoms. The van der Waals surface area contributed by atoms with Crippen molar-refractivity contribution in [2.24, 2.45) is 0 Å². The Kier molecular flexibility index (Phi) is 5.97. The van der Waals surface area contributed by atoms with Crippen molar-refractivity contribution in [3.05, 3.63) is 63.2 Å². The topological polar surface area (TPSA) is 107 Å². The number of Topliss-reactive ketones (excluding diaryl/α,β-unsaturated/α-hetero) is 1. The molecule has 28 heavy (non-hydrogen) atoms. The smallest absolute Gasteiger partial charge is 0.312 e. The molecule has 3 rings (SSSR count). The summed E-state index contributed by atoms with van der Waals surface area (Å²) < 4.78 is 31.8. The Bertz CT molecular complexity index is 1000. The zero-order valence-electron chi connectivity index (χ0n) is 14.7. The van der Waals surface area contributed by atoms with Crippen LogP contribution in [-0.4, -0.2) is 43.1 Å². The first-order valence-electron chi connectivity index (χ1n) is 8.49. The minimum atomic E-state index is -3.80. The number of sulfonamides is 1. The number of hydrogen-bond acceptors (Lipinski definition) is 6. The molecule has 0 N–H and O–H groups in total. The Morgan fingerprint density at radius 3 is 2.39 bits per heavy atom. The summed E-state index contributed by atoms with van der Waals surface area (Å²) in [6.07, 6.45) is 1.52. The lowest BCUT2D eigenvalue weighted by Gasteiger charge is -2.15. The van der Waals surface area contributed by atoms with Crippen molar-refractivity contribution >= 4 is 33.1 Å². The number of ketones is 1. The molecule has 0 atom stereocenters. The van der Waals surface area contributed by atoms with Crippen molar-refractivity contribution in [2.45, 2.75) is 17.7 Å². The lowest BCUT2D eigenvalue weighted by atomic mass is 10.1. The molecule has 2 aromatic carbocycles. The molecule has 1 aliphatic heterocycles. The van der Waals surface area contributed by atoms with Gasteiger partial charge in [-0.15, -0.1) is 0 Å². The molecular weight excluding hydrogens is 408 g/mol. The van der Waals surface area contributed by atoms with Gasteiger partial charge in [0.2, 0.25) is 10.0 Å². The van der Waals surface area contributed by atoms with E-state index < -0.39 is 27.2 Å². The Hall–Kier alpha value is -2.49. The maximum absolute atomic E-state index is 12.6. The van der Waals surface area contributed by atoms with Gasteiger partial charge in [0, 0.05) is 29.7 Å². The average Bonchev–Trinajstić information content (AvgIpc) is 3.22. The number of benzene rings is 2. The van der Waals surface area contributed by atoms with Crippen LogP contribution >= 0.6 is 11.6 Å². The van der Waals surface area contributed by atoms with Gasteiger partial charge in [-0.3, -0.25) is 14.9 Å². The van der Waals surface area contributed by atoms with Crippen LogP contribution in [0.15, 0.2) is 47.4 Å². The fourth-order valence-electron chi connectivity index (χ4n) is 2.86. The quantitative estimate of drug-likeness (QED) is 0.383. The van der Waals surface area contributed by atoms with Gasteiger partial charge in [-0.25, -0.2) is 8.42 Å². The monoisotopic (exact) mass is 424 g/mol. The number of nitro benzene ring substituents is 1. The summed E-state index contributed by atoms with van der Waals surface area (Å²) in [4.78, 5) is 22.7. The van der Waals surface area contributed by atoms with Crippen LogP contribution in [0.2, 0.25) is 5.02 Å². The van der Waals surface area contributed by atoms with Gasteiger partial charge in [-0.05, 0) is 49.2 Å². The Morgan fingerprint density at radius 1 is 1.14 bits per heavy atom. The van der Waals surface area contributed by atoms with Crippen LogP contribution < -0.4 is 4.74 Å². The van der Waals surface area contributed by atoms with Crippen molar-refractivity contribution in [3.63, 3.8) is 0 Å². The van der Waals surface area contributed by atoms with E-state index in [9.17, 15) is 23.3 Å². The molecule has 0 radical (unpaired) electrons. The second kappa shape index (κ2) is 8.26. The largest absolute Gasteiger partial charge is 0.478 e. The van der Waals surface area contributed by atoms with Crippen LogP contribution in [0, 0.1) is 10.1 Å². The number of ether oxygens (including phenoxy) is 1. The van der Waals surface area contributed by atoms with Gasteiger partial charge < -0.3 is 4.74 Å². The summed E-state index contributed by atoms with van der Waals surface area (Å²) in [7, 11) is -3.80. The van der Waals surface area contributed by atoms with E-state index in [1.54, 1.807) is 12.1 Å². The molecular formula is C18H17ClN2O6S. The van der Waals surface area contributed by atoms with Crippen LogP contribution in [0.25, 0.3) is 0 Å². The normalized spacial score (nSPS) is 14.8. The molecule has 148 valence electrons. The minimum Gasteiger partial charge on any atom is -0.478 e. The summed E-state index contributed by atoms with van der Waals surface area (Å²) in [5.74, 6) is -0.563. The summed E-state index contributed by atoms with van der Waals surface area (Å²) in [5, 5.41) is 11.9. The van der Waals surface area contributed by atoms with Crippen molar-refractivity contribution in [1.82, 2.24) is 4.31 Å². The van der Waals surface area contributed by atoms with E-state index in [1.165, 1.54) is 28.6 Å². The van der Waals surface area contributed by atoms with Crippen LogP contribution in [0.4, 0.5) is 5.69 Å². The first kappa shape index (κ1) is 20.2. The van der Waals surface area contributed by atoms with E-state index in [2.05, 4.69) is 0 Å². The first-order valence-corrected chi connectivity index (χ1v) is 10.3. The predicted molar refractivity (Wildman–Crippen MR) is 102 cm³/mol. The van der Waals surface area contributed by atoms with Gasteiger partial charge in [0.05, 0.1) is 9.82 Å². The third-order valence-corrected chi connectivity index (χ3v) is 6.50. The molecule has 0 aliphatic carbocycles. The van der Waals surface area contributed by atoms with Crippen molar-refractivity contribution in [3.8, 4) is 5.75 Å². The summed E-state index contributed by atoms with van der Waals surface area (Å²) in [6.45, 7) is 0.356. The van der Waals surface area contributed by atoms with E-state index in [0.717, 1.165) is 18.9 Å². The third kappa shape index (κ3) is 4.32. The van der Waals surface area contributed by atoms with Crippen molar-refractivity contribution in [2.75, 3.05) is 19.7 Å². The zero-order valence-corrected chi connectivity index (χ0v) is 16.3. The fraction of sp³-hybridized carbons (Fsp3) is 0.278. The van der Waals surface area contributed by atoms with Crippen LogP contribution in [0.1, 0.15) is 23.2 Å². The van der Waals surface area contributed by atoms with E-state index in [-0.39, 0.29) is 16.4 Å². The van der Waals surface area contributed by atoms with Crippen LogP contribution in [0.5, 0.6) is 5.75 Å². The molecule has 0 aromatic heterocycles. The zero-order chi connectivity index (χ0) is 20.3. The van der Waals surface area contributed by atoms with E-state index in [1.807, 2.05) is 0 Å². The SMILES string of the molecule is O=C(COc1ccc(S(=O)(=O)N2CCCC2)cc1[N+](=O)[O-])c1ccc(Cl)cc1. The number of halogens is 1. The summed E-state index contributed by atoms with van der Waals surface area (Å²) in [5.41, 5.74) is -0.163. The Morgan fingerprint density at radius 2 is 1.79 bits per heavy atom. The molecule has 0 unspecified atom stereocenters. The number of carbonyl (C=O) groups is 1. The van der Waals surface area contributed by atoms with Gasteiger partial charge in [-0.1, -0.05) is 11.6 Å². The molecule has 1 aliphatic rings. The molecule has 2 aromatic rings. The fourth-order valence-corrected chi connectivity index (χ4v) is 4.53. The van der Waals surface area contributed by atoms with E-state index in [0.29, 0.717) is 23.7 Å². The number of nitro groups is 1. The van der Waals surface area contributed by atoms with E-state index >= 15 is 0 Å². The van der Waals surface area contributed by atoms with Gasteiger partial charge in [0.25, 0.3) is 0 Å². The highest BCUT2D eigenvalue weighted by Gasteiger charge is 2.30. The summed E-state index contributed by atoms with van der Waals surface area (Å²) >= 11 is 5.77. The maximum atomic E-state index is 12.6. The number of carbonyl (C=O) groups excluding carboxylic acids is 1. The van der Waals surface area contributed by atoms with Gasteiger partial charge in [0.15, 0.2) is 18.1 Å². The average molecular weight is 425 g/mol. The Balaban J connectivity index is 1.80. The number of rotatable bonds is 7. The molecule has 0 amide bonds. The van der Waals surface area contributed by atoms with Crippen molar-refractivity contribution < 1.29 is 22.9 Å². The molecule has 8 nitrogen and oxygen atoms in total. The third-order valence-electron chi connectivity index (χ3n) is 4.35. The summed E-state index contributed by atoms with van der Waals surface area (Å²) in [6, 6.07) is 9.57. The molecule has 0 spiro atoms. The van der Waals surface area contributed by atoms with Crippen LogP contribution in [0.3, 0.4) is 0 Å². The standard InChI is InChI=1S/C18H17ClN2O6S/c19-14-5-3-13(4-6-14)17(22)12-27-18-8-7-15(11-16(18)21(23)24)28(25,26)20-9-1-2-10-20/h3-8,11H,1-2,9-10,12H2. The molecule has 1 fully saturated rings. The minimum absolute atomic E-state index is 0.169. The highest BCUT2D eigenvalue weighted by atomic mass is 35.5. The lowest BCUT2D eigenvalue weighted by Crippen LogP contribution is -2.27. The lowest BCUT2D eigenvalue weighted by molar-refractivity contribution is -0.386. The molecule has 0 saturated carbocycles. The number of nitrogens with zero attached hydrogens (tertiary/aromatic N) is 2. The maximum Gasteiger partial charge on any atom is 0.312 e. The second-order valence-electron chi connectivity index (χ2n) is 6.22. The van der Waals surface area contributed by atoms with Gasteiger partial charge in [-0.2, -0.15) is 4.31 Å². The van der Waals surface area contributed by atoms with Gasteiger partial charge in [0.1, 0.15) is 0 Å². The molecule has 1 saturated heterocycles. The van der Waals surface area contributed by atoms with E-state index in [4.69, 9.17) is 16.3 Å². The highest BCUT2D eigenvalue weighted by Crippen LogP contribution is 2.32. The van der Waals surface area contributed by atoms with Crippen LogP contribution in [-0.2, 0) is 10.0 Å². The first-order chi connectivity index (χ1) is 13.3. The Labute approximate surface area is 166 Å². The number of hydrogen-bond donors (Lipinski definition) is 0. The van der Waals surface area contributed by atoms with Gasteiger partial charge >= 0.3 is 5.69 Å². The predicted octanol–water partition coefficient (Wildman–Crippen LogP) is 3.29. The molecule has 10 heteroatoms. The van der Waals surface area contributed by atoms with Crippen molar-refractivity contribution in [1.29, 1.82) is 0 Å². The highest BCUT2D eigenvalue weighted by molar-refractivity contribution is 7.89.